The number of benzene rings is 1. The smallest absolute Gasteiger partial charge is 0.420 e. The maximum absolute atomic E-state index is 12.3. The molecule has 0 aliphatic rings. The van der Waals surface area contributed by atoms with Crippen LogP contribution in [0, 0.1) is 0 Å². The van der Waals surface area contributed by atoms with Gasteiger partial charge in [-0.05, 0) is 38.0 Å². The summed E-state index contributed by atoms with van der Waals surface area (Å²) in [6, 6.07) is 1.66. The van der Waals surface area contributed by atoms with E-state index in [1.54, 1.807) is 19.9 Å². The highest BCUT2D eigenvalue weighted by molar-refractivity contribution is 7.53. The van der Waals surface area contributed by atoms with Crippen LogP contribution in [0.1, 0.15) is 26.3 Å². The first-order chi connectivity index (χ1) is 9.87. The number of hydrogen-bond donors (Lipinski definition) is 1. The topological polar surface area (TPSA) is 65.0 Å². The van der Waals surface area contributed by atoms with E-state index in [0.717, 1.165) is 0 Å². The second-order valence-electron chi connectivity index (χ2n) is 4.06. The lowest BCUT2D eigenvalue weighted by atomic mass is 10.1. The molecule has 120 valence electrons. The van der Waals surface area contributed by atoms with Crippen molar-refractivity contribution in [3.63, 3.8) is 0 Å². The van der Waals surface area contributed by atoms with Crippen LogP contribution in [0.3, 0.4) is 0 Å². The predicted molar refractivity (Wildman–Crippen MR) is 83.3 cm³/mol. The minimum Gasteiger partial charge on any atom is -0.420 e. The minimum atomic E-state index is -4.20. The lowest BCUT2D eigenvalue weighted by Crippen LogP contribution is -2.20. The highest BCUT2D eigenvalue weighted by atomic mass is 35.5. The van der Waals surface area contributed by atoms with Crippen LogP contribution in [-0.4, -0.2) is 24.1 Å². The summed E-state index contributed by atoms with van der Waals surface area (Å²) < 4.78 is 27.7. The lowest BCUT2D eigenvalue weighted by molar-refractivity contribution is -0.0926. The van der Waals surface area contributed by atoms with Crippen molar-refractivity contribution in [1.82, 2.24) is 0 Å². The Labute approximate surface area is 134 Å². The van der Waals surface area contributed by atoms with Crippen LogP contribution in [-0.2, 0) is 20.5 Å². The van der Waals surface area contributed by atoms with Gasteiger partial charge in [-0.2, -0.15) is 0 Å². The number of rotatable bonds is 8. The van der Waals surface area contributed by atoms with Gasteiger partial charge < -0.3 is 18.9 Å². The van der Waals surface area contributed by atoms with Crippen molar-refractivity contribution in [2.45, 2.75) is 33.2 Å². The molecule has 0 aliphatic carbocycles. The molecule has 0 radical (unpaired) electrons. The van der Waals surface area contributed by atoms with E-state index >= 15 is 0 Å². The molecule has 0 bridgehead atoms. The van der Waals surface area contributed by atoms with Gasteiger partial charge in [0.05, 0.1) is 5.02 Å². The van der Waals surface area contributed by atoms with Gasteiger partial charge in [-0.25, -0.2) is 4.57 Å². The van der Waals surface area contributed by atoms with E-state index in [-0.39, 0.29) is 24.0 Å². The Hall–Kier alpha value is -0.290. The molecule has 1 aromatic rings. The van der Waals surface area contributed by atoms with E-state index in [1.165, 1.54) is 6.07 Å². The zero-order valence-electron chi connectivity index (χ0n) is 12.1. The fourth-order valence-electron chi connectivity index (χ4n) is 1.68. The van der Waals surface area contributed by atoms with Gasteiger partial charge in [0.2, 0.25) is 0 Å². The van der Waals surface area contributed by atoms with Crippen molar-refractivity contribution in [1.29, 1.82) is 0 Å². The van der Waals surface area contributed by atoms with Crippen LogP contribution in [0.5, 0.6) is 5.75 Å². The highest BCUT2D eigenvalue weighted by Crippen LogP contribution is 2.51. The standard InChI is InChI=1S/C13H19Cl2O5P/c1-4-9-10(14)7-8-11(12(9)15)20-21(16,17)13(18-5-2)19-6-3/h7-8,13H,4-6H2,1-3H3,(H,16,17). The normalized spacial score (nSPS) is 14.2. The highest BCUT2D eigenvalue weighted by Gasteiger charge is 2.36. The Kier molecular flexibility index (Phi) is 7.48. The van der Waals surface area contributed by atoms with Crippen LogP contribution in [0.15, 0.2) is 12.1 Å². The fourth-order valence-corrected chi connectivity index (χ4v) is 3.60. The average molecular weight is 357 g/mol. The maximum Gasteiger partial charge on any atom is 0.432 e. The molecule has 0 amide bonds. The van der Waals surface area contributed by atoms with Crippen LogP contribution in [0.2, 0.25) is 10.0 Å². The summed E-state index contributed by atoms with van der Waals surface area (Å²) in [7, 11) is -4.20. The van der Waals surface area contributed by atoms with Gasteiger partial charge in [0.15, 0.2) is 0 Å². The molecule has 1 aromatic carbocycles. The summed E-state index contributed by atoms with van der Waals surface area (Å²) in [5, 5.41) is 0.694. The van der Waals surface area contributed by atoms with Crippen molar-refractivity contribution >= 4 is 30.8 Å². The second-order valence-corrected chi connectivity index (χ2v) is 6.58. The summed E-state index contributed by atoms with van der Waals surface area (Å²) in [5.41, 5.74) is 0.653. The first-order valence-electron chi connectivity index (χ1n) is 6.59. The summed E-state index contributed by atoms with van der Waals surface area (Å²) in [6.07, 6.45) is 0.574. The van der Waals surface area contributed by atoms with Gasteiger partial charge >= 0.3 is 7.60 Å². The first kappa shape index (κ1) is 18.8. The zero-order valence-corrected chi connectivity index (χ0v) is 14.5. The molecule has 1 rings (SSSR count). The van der Waals surface area contributed by atoms with Crippen LogP contribution >= 0.6 is 30.8 Å². The Morgan fingerprint density at radius 2 is 1.76 bits per heavy atom. The van der Waals surface area contributed by atoms with E-state index in [2.05, 4.69) is 0 Å². The summed E-state index contributed by atoms with van der Waals surface area (Å²) in [6.45, 7) is 5.69. The van der Waals surface area contributed by atoms with Gasteiger partial charge in [0, 0.05) is 18.2 Å². The van der Waals surface area contributed by atoms with Gasteiger partial charge in [-0.15, -0.1) is 0 Å². The molecule has 0 saturated carbocycles. The fraction of sp³-hybridized carbons (Fsp3) is 0.538. The first-order valence-corrected chi connectivity index (χ1v) is 8.99. The number of hydrogen-bond acceptors (Lipinski definition) is 4. The Morgan fingerprint density at radius 1 is 1.19 bits per heavy atom. The molecular weight excluding hydrogens is 338 g/mol. The summed E-state index contributed by atoms with van der Waals surface area (Å²) in [5.74, 6) is 0.0770. The molecule has 0 spiro atoms. The van der Waals surface area contributed by atoms with Gasteiger partial charge in [0.1, 0.15) is 5.75 Å². The SMILES string of the molecule is CCOC(OCC)P(=O)(O)Oc1ccc(Cl)c(CC)c1Cl. The van der Waals surface area contributed by atoms with E-state index in [4.69, 9.17) is 37.2 Å². The van der Waals surface area contributed by atoms with E-state index < -0.39 is 13.6 Å². The molecule has 21 heavy (non-hydrogen) atoms. The van der Waals surface area contributed by atoms with Crippen LogP contribution in [0.4, 0.5) is 0 Å². The second kappa shape index (κ2) is 8.37. The lowest BCUT2D eigenvalue weighted by Gasteiger charge is -2.23. The van der Waals surface area contributed by atoms with Gasteiger partial charge in [-0.3, -0.25) is 0 Å². The Balaban J connectivity index is 3.05. The zero-order chi connectivity index (χ0) is 16.0. The molecule has 1 atom stereocenters. The predicted octanol–water partition coefficient (Wildman–Crippen LogP) is 4.48. The maximum atomic E-state index is 12.3. The molecule has 0 fully saturated rings. The van der Waals surface area contributed by atoms with E-state index in [9.17, 15) is 9.46 Å². The van der Waals surface area contributed by atoms with Crippen molar-refractivity contribution in [3.8, 4) is 5.75 Å². The van der Waals surface area contributed by atoms with E-state index in [1.807, 2.05) is 6.92 Å². The third-order valence-corrected chi connectivity index (χ3v) is 4.68. The number of ether oxygens (including phenoxy) is 2. The molecule has 0 heterocycles. The number of halogens is 2. The van der Waals surface area contributed by atoms with Crippen molar-refractivity contribution < 1.29 is 23.5 Å². The minimum absolute atomic E-state index is 0.0770. The molecule has 8 heteroatoms. The average Bonchev–Trinajstić information content (AvgIpc) is 2.42. The van der Waals surface area contributed by atoms with Gasteiger partial charge in [-0.1, -0.05) is 30.1 Å². The largest absolute Gasteiger partial charge is 0.432 e. The molecule has 0 aliphatic heterocycles. The summed E-state index contributed by atoms with van der Waals surface area (Å²) in [4.78, 5) is 10.0. The Bertz CT molecular complexity index is 518. The monoisotopic (exact) mass is 356 g/mol. The quantitative estimate of drug-likeness (QED) is 0.549. The molecule has 5 nitrogen and oxygen atoms in total. The molecule has 1 N–H and O–H groups in total. The van der Waals surface area contributed by atoms with Crippen molar-refractivity contribution in [2.24, 2.45) is 0 Å². The summed E-state index contributed by atoms with van der Waals surface area (Å²) >= 11 is 12.2. The van der Waals surface area contributed by atoms with Crippen LogP contribution in [0.25, 0.3) is 0 Å². The Morgan fingerprint density at radius 3 is 2.24 bits per heavy atom. The molecule has 0 aromatic heterocycles. The third kappa shape index (κ3) is 4.85. The molecule has 1 unspecified atom stereocenters. The van der Waals surface area contributed by atoms with E-state index in [0.29, 0.717) is 17.0 Å². The van der Waals surface area contributed by atoms with Crippen molar-refractivity contribution in [3.05, 3.63) is 27.7 Å². The third-order valence-electron chi connectivity index (χ3n) is 2.62. The van der Waals surface area contributed by atoms with Crippen LogP contribution < -0.4 is 4.52 Å². The van der Waals surface area contributed by atoms with Crippen molar-refractivity contribution in [2.75, 3.05) is 13.2 Å². The molecular formula is C13H19Cl2O5P. The molecule has 0 saturated heterocycles. The van der Waals surface area contributed by atoms with Gasteiger partial charge in [0.25, 0.3) is 6.03 Å².